The number of aliphatic hydroxyl groups excluding tert-OH is 1. The molecule has 0 aromatic heterocycles. The van der Waals surface area contributed by atoms with Crippen LogP contribution in [0.4, 0.5) is 0 Å². The monoisotopic (exact) mass is 215 g/mol. The van der Waals surface area contributed by atoms with Gasteiger partial charge in [-0.25, -0.2) is 0 Å². The Morgan fingerprint density at radius 3 is 2.60 bits per heavy atom. The minimum Gasteiger partial charge on any atom is -0.396 e. The summed E-state index contributed by atoms with van der Waals surface area (Å²) in [7, 11) is 0. The number of nitrogens with zero attached hydrogens (tertiary/aromatic N) is 1. The summed E-state index contributed by atoms with van der Waals surface area (Å²) in [5, 5.41) is 9.39. The average Bonchev–Trinajstić information content (AvgIpc) is 2.16. The molecule has 15 heavy (non-hydrogen) atoms. The van der Waals surface area contributed by atoms with Gasteiger partial charge in [-0.15, -0.1) is 0 Å². The van der Waals surface area contributed by atoms with Gasteiger partial charge in [0.25, 0.3) is 0 Å². The number of aliphatic hydroxyl groups is 1. The van der Waals surface area contributed by atoms with E-state index in [0.29, 0.717) is 0 Å². The highest BCUT2D eigenvalue weighted by atomic mass is 16.5. The molecule has 0 spiro atoms. The highest BCUT2D eigenvalue weighted by Crippen LogP contribution is 2.25. The molecule has 0 radical (unpaired) electrons. The van der Waals surface area contributed by atoms with E-state index in [9.17, 15) is 5.11 Å². The van der Waals surface area contributed by atoms with E-state index in [1.807, 2.05) is 0 Å². The van der Waals surface area contributed by atoms with Gasteiger partial charge in [0.1, 0.15) is 0 Å². The number of morpholine rings is 1. The van der Waals surface area contributed by atoms with Crippen LogP contribution in [0.2, 0.25) is 0 Å². The van der Waals surface area contributed by atoms with E-state index in [0.717, 1.165) is 32.7 Å². The zero-order valence-electron chi connectivity index (χ0n) is 10.5. The summed E-state index contributed by atoms with van der Waals surface area (Å²) in [6, 6.07) is 0. The lowest BCUT2D eigenvalue weighted by atomic mass is 9.87. The molecule has 0 bridgehead atoms. The second kappa shape index (κ2) is 4.81. The van der Waals surface area contributed by atoms with Crippen molar-refractivity contribution in [3.05, 3.63) is 0 Å². The largest absolute Gasteiger partial charge is 0.396 e. The minimum atomic E-state index is -0.0393. The summed E-state index contributed by atoms with van der Waals surface area (Å²) in [5.41, 5.74) is -0.00419. The predicted molar refractivity (Wildman–Crippen MR) is 62.0 cm³/mol. The van der Waals surface area contributed by atoms with Gasteiger partial charge in [-0.3, -0.25) is 4.90 Å². The van der Waals surface area contributed by atoms with Crippen molar-refractivity contribution in [3.63, 3.8) is 0 Å². The van der Waals surface area contributed by atoms with Crippen molar-refractivity contribution in [1.82, 2.24) is 4.90 Å². The van der Waals surface area contributed by atoms with Crippen molar-refractivity contribution in [2.24, 2.45) is 5.41 Å². The van der Waals surface area contributed by atoms with Crippen molar-refractivity contribution in [1.29, 1.82) is 0 Å². The second-order valence-corrected chi connectivity index (χ2v) is 5.64. The van der Waals surface area contributed by atoms with Gasteiger partial charge in [-0.2, -0.15) is 0 Å². The molecular formula is C12H25NO2. The van der Waals surface area contributed by atoms with E-state index in [-0.39, 0.29) is 17.6 Å². The van der Waals surface area contributed by atoms with Crippen LogP contribution in [0, 0.1) is 5.41 Å². The molecule has 1 rings (SSSR count). The van der Waals surface area contributed by atoms with Crippen LogP contribution in [0.1, 0.15) is 34.1 Å². The van der Waals surface area contributed by atoms with Gasteiger partial charge in [-0.1, -0.05) is 13.8 Å². The summed E-state index contributed by atoms with van der Waals surface area (Å²) < 4.78 is 5.67. The molecule has 3 nitrogen and oxygen atoms in total. The Hall–Kier alpha value is -0.120. The summed E-state index contributed by atoms with van der Waals surface area (Å²) >= 11 is 0. The highest BCUT2D eigenvalue weighted by molar-refractivity contribution is 4.83. The molecule has 1 heterocycles. The predicted octanol–water partition coefficient (Wildman–Crippen LogP) is 1.51. The van der Waals surface area contributed by atoms with Crippen LogP contribution in [-0.4, -0.2) is 48.5 Å². The number of rotatable bonds is 4. The van der Waals surface area contributed by atoms with Crippen LogP contribution in [0.15, 0.2) is 0 Å². The lowest BCUT2D eigenvalue weighted by Gasteiger charge is -2.42. The molecule has 1 atom stereocenters. The summed E-state index contributed by atoms with van der Waals surface area (Å²) in [6.45, 7) is 12.5. The van der Waals surface area contributed by atoms with Crippen LogP contribution in [0.3, 0.4) is 0 Å². The van der Waals surface area contributed by atoms with Gasteiger partial charge in [0.15, 0.2) is 0 Å². The molecular weight excluding hydrogens is 190 g/mol. The lowest BCUT2D eigenvalue weighted by Crippen LogP contribution is -2.51. The molecule has 1 aliphatic heterocycles. The molecule has 1 aliphatic rings. The normalized spacial score (nSPS) is 26.2. The SMILES string of the molecule is CCC(C)(CO)CN1CCOC(C)(C)C1. The summed E-state index contributed by atoms with van der Waals surface area (Å²) in [5.74, 6) is 0. The van der Waals surface area contributed by atoms with E-state index >= 15 is 0 Å². The van der Waals surface area contributed by atoms with E-state index in [2.05, 4.69) is 32.6 Å². The summed E-state index contributed by atoms with van der Waals surface area (Å²) in [6.07, 6.45) is 1.02. The Bertz CT molecular complexity index is 200. The minimum absolute atomic E-state index is 0.0351. The molecule has 1 N–H and O–H groups in total. The van der Waals surface area contributed by atoms with Gasteiger partial charge in [0, 0.05) is 31.7 Å². The van der Waals surface area contributed by atoms with Crippen molar-refractivity contribution >= 4 is 0 Å². The first-order valence-electron chi connectivity index (χ1n) is 5.88. The average molecular weight is 215 g/mol. The van der Waals surface area contributed by atoms with Crippen LogP contribution in [0.5, 0.6) is 0 Å². The van der Waals surface area contributed by atoms with Gasteiger partial charge in [-0.05, 0) is 20.3 Å². The second-order valence-electron chi connectivity index (χ2n) is 5.64. The molecule has 1 fully saturated rings. The maximum atomic E-state index is 9.39. The molecule has 0 aromatic rings. The Balaban J connectivity index is 2.51. The molecule has 0 amide bonds. The van der Waals surface area contributed by atoms with E-state index in [1.165, 1.54) is 0 Å². The van der Waals surface area contributed by atoms with Crippen molar-refractivity contribution in [3.8, 4) is 0 Å². The molecule has 0 aliphatic carbocycles. The maximum Gasteiger partial charge on any atom is 0.0753 e. The van der Waals surface area contributed by atoms with Crippen molar-refractivity contribution in [2.45, 2.75) is 39.7 Å². The molecule has 90 valence electrons. The summed E-state index contributed by atoms with van der Waals surface area (Å²) in [4.78, 5) is 2.41. The molecule has 0 aromatic carbocycles. The Morgan fingerprint density at radius 1 is 1.47 bits per heavy atom. The standard InChI is InChI=1S/C12H25NO2/c1-5-12(4,10-14)9-13-6-7-15-11(2,3)8-13/h14H,5-10H2,1-4H3. The van der Waals surface area contributed by atoms with E-state index in [1.54, 1.807) is 0 Å². The third-order valence-electron chi connectivity index (χ3n) is 3.35. The molecule has 0 saturated carbocycles. The smallest absolute Gasteiger partial charge is 0.0753 e. The number of ether oxygens (including phenoxy) is 1. The highest BCUT2D eigenvalue weighted by Gasteiger charge is 2.31. The van der Waals surface area contributed by atoms with Gasteiger partial charge < -0.3 is 9.84 Å². The first kappa shape index (κ1) is 12.9. The van der Waals surface area contributed by atoms with Gasteiger partial charge >= 0.3 is 0 Å². The zero-order valence-corrected chi connectivity index (χ0v) is 10.5. The molecule has 3 heteroatoms. The first-order valence-corrected chi connectivity index (χ1v) is 5.88. The first-order chi connectivity index (χ1) is 6.91. The molecule has 1 saturated heterocycles. The molecule has 1 unspecified atom stereocenters. The van der Waals surface area contributed by atoms with Crippen molar-refractivity contribution < 1.29 is 9.84 Å². The third-order valence-corrected chi connectivity index (χ3v) is 3.35. The quantitative estimate of drug-likeness (QED) is 0.771. The van der Waals surface area contributed by atoms with Crippen LogP contribution >= 0.6 is 0 Å². The fraction of sp³-hybridized carbons (Fsp3) is 1.00. The van der Waals surface area contributed by atoms with E-state index < -0.39 is 0 Å². The maximum absolute atomic E-state index is 9.39. The van der Waals surface area contributed by atoms with Crippen LogP contribution < -0.4 is 0 Å². The Labute approximate surface area is 93.4 Å². The topological polar surface area (TPSA) is 32.7 Å². The third kappa shape index (κ3) is 3.74. The van der Waals surface area contributed by atoms with Gasteiger partial charge in [0.05, 0.1) is 12.2 Å². The van der Waals surface area contributed by atoms with E-state index in [4.69, 9.17) is 4.74 Å². The van der Waals surface area contributed by atoms with Crippen LogP contribution in [0.25, 0.3) is 0 Å². The van der Waals surface area contributed by atoms with Gasteiger partial charge in [0.2, 0.25) is 0 Å². The zero-order chi connectivity index (χ0) is 11.5. The fourth-order valence-corrected chi connectivity index (χ4v) is 2.06. The number of hydrogen-bond donors (Lipinski definition) is 1. The lowest BCUT2D eigenvalue weighted by molar-refractivity contribution is -0.0964. The number of hydrogen-bond acceptors (Lipinski definition) is 3. The van der Waals surface area contributed by atoms with Crippen LogP contribution in [-0.2, 0) is 4.74 Å². The van der Waals surface area contributed by atoms with Crippen molar-refractivity contribution in [2.75, 3.05) is 32.8 Å². The Kier molecular flexibility index (Phi) is 4.15. The fourth-order valence-electron chi connectivity index (χ4n) is 2.06. The Morgan fingerprint density at radius 2 is 2.13 bits per heavy atom.